The number of aromatic nitrogens is 2. The number of hydrogen-bond donors (Lipinski definition) is 2. The smallest absolute Gasteiger partial charge is 0.220 e. The van der Waals surface area contributed by atoms with E-state index in [-0.39, 0.29) is 5.91 Å². The molecule has 2 aromatic rings. The summed E-state index contributed by atoms with van der Waals surface area (Å²) in [5.41, 5.74) is 2.27. The first kappa shape index (κ1) is 16.4. The van der Waals surface area contributed by atoms with Gasteiger partial charge in [0.15, 0.2) is 11.5 Å². The molecule has 0 spiro atoms. The predicted octanol–water partition coefficient (Wildman–Crippen LogP) is 2.11. The van der Waals surface area contributed by atoms with Crippen molar-refractivity contribution in [2.24, 2.45) is 5.92 Å². The Balaban J connectivity index is 1.41. The molecule has 2 heterocycles. The minimum absolute atomic E-state index is 0.0925. The van der Waals surface area contributed by atoms with Gasteiger partial charge >= 0.3 is 0 Å². The van der Waals surface area contributed by atoms with Gasteiger partial charge in [-0.3, -0.25) is 9.89 Å². The number of benzene rings is 1. The monoisotopic (exact) mass is 329 g/mol. The molecule has 0 radical (unpaired) electrons. The van der Waals surface area contributed by atoms with Gasteiger partial charge in [0, 0.05) is 25.1 Å². The zero-order chi connectivity index (χ0) is 16.8. The molecule has 2 N–H and O–H groups in total. The van der Waals surface area contributed by atoms with E-state index < -0.39 is 0 Å². The van der Waals surface area contributed by atoms with Gasteiger partial charge < -0.3 is 14.8 Å². The molecule has 3 rings (SSSR count). The molecule has 6 heteroatoms. The van der Waals surface area contributed by atoms with Crippen LogP contribution in [0.2, 0.25) is 0 Å². The van der Waals surface area contributed by atoms with Crippen LogP contribution < -0.4 is 14.8 Å². The summed E-state index contributed by atoms with van der Waals surface area (Å²) in [6.45, 7) is 1.24. The van der Waals surface area contributed by atoms with Crippen molar-refractivity contribution in [1.82, 2.24) is 15.5 Å². The molecular formula is C18H23N3O3. The highest BCUT2D eigenvalue weighted by atomic mass is 16.5. The molecule has 1 aromatic carbocycles. The van der Waals surface area contributed by atoms with Crippen molar-refractivity contribution in [2.75, 3.05) is 20.3 Å². The lowest BCUT2D eigenvalue weighted by atomic mass is 9.96. The Bertz CT molecular complexity index is 670. The molecule has 128 valence electrons. The van der Waals surface area contributed by atoms with Crippen LogP contribution in [0.25, 0.3) is 0 Å². The molecule has 1 unspecified atom stereocenters. The lowest BCUT2D eigenvalue weighted by molar-refractivity contribution is -0.121. The number of ether oxygens (including phenoxy) is 2. The molecule has 1 aliphatic rings. The summed E-state index contributed by atoms with van der Waals surface area (Å²) in [6.07, 6.45) is 6.77. The Labute approximate surface area is 141 Å². The first-order valence-electron chi connectivity index (χ1n) is 8.29. The molecular weight excluding hydrogens is 306 g/mol. The predicted molar refractivity (Wildman–Crippen MR) is 90.2 cm³/mol. The first-order chi connectivity index (χ1) is 11.8. The maximum atomic E-state index is 12.0. The molecule has 0 saturated heterocycles. The quantitative estimate of drug-likeness (QED) is 0.816. The van der Waals surface area contributed by atoms with Crippen LogP contribution in [0.1, 0.15) is 24.0 Å². The number of rotatable bonds is 7. The second kappa shape index (κ2) is 7.86. The molecule has 1 aliphatic heterocycles. The van der Waals surface area contributed by atoms with E-state index in [0.29, 0.717) is 25.5 Å². The Morgan fingerprint density at radius 2 is 2.42 bits per heavy atom. The summed E-state index contributed by atoms with van der Waals surface area (Å²) >= 11 is 0. The highest BCUT2D eigenvalue weighted by Gasteiger charge is 2.22. The summed E-state index contributed by atoms with van der Waals surface area (Å²) in [4.78, 5) is 12.0. The number of methoxy groups -OCH3 is 1. The second-order valence-corrected chi connectivity index (χ2v) is 6.09. The second-order valence-electron chi connectivity index (χ2n) is 6.09. The van der Waals surface area contributed by atoms with Gasteiger partial charge in [-0.15, -0.1) is 0 Å². The van der Waals surface area contributed by atoms with Crippen molar-refractivity contribution >= 4 is 5.91 Å². The Hall–Kier alpha value is -2.50. The Morgan fingerprint density at radius 1 is 1.50 bits per heavy atom. The van der Waals surface area contributed by atoms with Crippen molar-refractivity contribution < 1.29 is 14.3 Å². The maximum Gasteiger partial charge on any atom is 0.220 e. The molecule has 1 atom stereocenters. The van der Waals surface area contributed by atoms with Gasteiger partial charge in [-0.2, -0.15) is 5.10 Å². The third-order valence-electron chi connectivity index (χ3n) is 4.26. The number of amides is 1. The molecule has 1 amide bonds. The molecule has 1 aromatic heterocycles. The number of carbonyl (C=O) groups excluding carboxylic acids is 1. The van der Waals surface area contributed by atoms with Gasteiger partial charge in [0.1, 0.15) is 0 Å². The largest absolute Gasteiger partial charge is 0.493 e. The van der Waals surface area contributed by atoms with E-state index in [2.05, 4.69) is 21.6 Å². The fourth-order valence-corrected chi connectivity index (χ4v) is 2.96. The number of fused-ring (bicyclic) bond motifs is 1. The molecule has 6 nitrogen and oxygen atoms in total. The molecule has 24 heavy (non-hydrogen) atoms. The zero-order valence-corrected chi connectivity index (χ0v) is 13.9. The van der Waals surface area contributed by atoms with Gasteiger partial charge in [-0.1, -0.05) is 12.1 Å². The summed E-state index contributed by atoms with van der Waals surface area (Å²) in [6, 6.07) is 5.93. The van der Waals surface area contributed by atoms with E-state index in [1.54, 1.807) is 13.3 Å². The van der Waals surface area contributed by atoms with E-state index in [0.717, 1.165) is 41.9 Å². The summed E-state index contributed by atoms with van der Waals surface area (Å²) in [5.74, 6) is 1.99. The fraction of sp³-hybridized carbons (Fsp3) is 0.444. The standard InChI is InChI=1S/C18H23N3O3/c1-23-16-6-3-5-15-8-14(12-24-18(15)16)9-19-17(22)7-2-4-13-10-20-21-11-13/h3,5-6,10-11,14H,2,4,7-9,12H2,1H3,(H,19,22)(H,20,21). The number of nitrogens with zero attached hydrogens (tertiary/aromatic N) is 1. The van der Waals surface area contributed by atoms with Crippen LogP contribution >= 0.6 is 0 Å². The lowest BCUT2D eigenvalue weighted by Crippen LogP contribution is -2.34. The van der Waals surface area contributed by atoms with Crippen molar-refractivity contribution in [2.45, 2.75) is 25.7 Å². The Morgan fingerprint density at radius 3 is 3.21 bits per heavy atom. The van der Waals surface area contributed by atoms with Crippen LogP contribution in [0.4, 0.5) is 0 Å². The van der Waals surface area contributed by atoms with Gasteiger partial charge in [-0.25, -0.2) is 0 Å². The average Bonchev–Trinajstić information content (AvgIpc) is 3.12. The normalized spacial score (nSPS) is 16.1. The number of carbonyl (C=O) groups is 1. The third-order valence-corrected chi connectivity index (χ3v) is 4.26. The van der Waals surface area contributed by atoms with E-state index >= 15 is 0 Å². The lowest BCUT2D eigenvalue weighted by Gasteiger charge is -2.26. The van der Waals surface area contributed by atoms with Crippen LogP contribution in [0, 0.1) is 5.92 Å². The van der Waals surface area contributed by atoms with Gasteiger partial charge in [0.2, 0.25) is 5.91 Å². The zero-order valence-electron chi connectivity index (χ0n) is 13.9. The van der Waals surface area contributed by atoms with Crippen molar-refractivity contribution in [3.05, 3.63) is 41.7 Å². The van der Waals surface area contributed by atoms with Crippen LogP contribution in [-0.4, -0.2) is 36.4 Å². The van der Waals surface area contributed by atoms with Crippen LogP contribution in [0.5, 0.6) is 11.5 Å². The van der Waals surface area contributed by atoms with Gasteiger partial charge in [-0.05, 0) is 36.5 Å². The third kappa shape index (κ3) is 4.07. The van der Waals surface area contributed by atoms with Gasteiger partial charge in [0.25, 0.3) is 0 Å². The minimum Gasteiger partial charge on any atom is -0.493 e. The number of H-pyrrole nitrogens is 1. The van der Waals surface area contributed by atoms with E-state index in [4.69, 9.17) is 9.47 Å². The summed E-state index contributed by atoms with van der Waals surface area (Å²) in [5, 5.41) is 9.70. The highest BCUT2D eigenvalue weighted by molar-refractivity contribution is 5.75. The topological polar surface area (TPSA) is 76.2 Å². The van der Waals surface area contributed by atoms with Crippen molar-refractivity contribution in [3.63, 3.8) is 0 Å². The fourth-order valence-electron chi connectivity index (χ4n) is 2.96. The van der Waals surface area contributed by atoms with E-state index in [1.165, 1.54) is 0 Å². The van der Waals surface area contributed by atoms with Crippen LogP contribution in [-0.2, 0) is 17.6 Å². The summed E-state index contributed by atoms with van der Waals surface area (Å²) in [7, 11) is 1.65. The number of nitrogens with one attached hydrogen (secondary N) is 2. The number of hydrogen-bond acceptors (Lipinski definition) is 4. The Kier molecular flexibility index (Phi) is 5.36. The molecule has 0 bridgehead atoms. The number of para-hydroxylation sites is 1. The van der Waals surface area contributed by atoms with E-state index in [9.17, 15) is 4.79 Å². The summed E-state index contributed by atoms with van der Waals surface area (Å²) < 4.78 is 11.2. The minimum atomic E-state index is 0.0925. The van der Waals surface area contributed by atoms with Gasteiger partial charge in [0.05, 0.1) is 19.9 Å². The molecule has 0 fully saturated rings. The highest BCUT2D eigenvalue weighted by Crippen LogP contribution is 2.35. The average molecular weight is 329 g/mol. The van der Waals surface area contributed by atoms with Crippen molar-refractivity contribution in [3.8, 4) is 11.5 Å². The first-order valence-corrected chi connectivity index (χ1v) is 8.29. The van der Waals surface area contributed by atoms with E-state index in [1.807, 2.05) is 18.3 Å². The number of aryl methyl sites for hydroxylation is 1. The molecule has 0 saturated carbocycles. The van der Waals surface area contributed by atoms with Crippen LogP contribution in [0.15, 0.2) is 30.6 Å². The van der Waals surface area contributed by atoms with Crippen molar-refractivity contribution in [1.29, 1.82) is 0 Å². The van der Waals surface area contributed by atoms with Crippen LogP contribution in [0.3, 0.4) is 0 Å². The molecule has 0 aliphatic carbocycles. The maximum absolute atomic E-state index is 12.0. The SMILES string of the molecule is COc1cccc2c1OCC(CNC(=O)CCCc1cn[nH]c1)C2. The number of aromatic amines is 1.